The van der Waals surface area contributed by atoms with E-state index < -0.39 is 0 Å². The van der Waals surface area contributed by atoms with Gasteiger partial charge in [0, 0.05) is 24.8 Å². The second kappa shape index (κ2) is 7.72. The predicted molar refractivity (Wildman–Crippen MR) is 123 cm³/mol. The van der Waals surface area contributed by atoms with Gasteiger partial charge in [0.25, 0.3) is 0 Å². The minimum Gasteiger partial charge on any atom is -0.393 e. The number of anilines is 2. The standard InChI is InChI=1S/C26H33N3O2/c1-17-24(15-27-16-28-17)29-19-5-7-21-18(12-19)4-6-22-23-13-20(30)14-25(23,2)8-9-26(21,22)10-11-31-3/h5,7,12,15-16,20,29-30H,4,6,8-11,13-14H2,1-3H3/t20-,25-,26+/m0/s1. The van der Waals surface area contributed by atoms with E-state index in [2.05, 4.69) is 40.4 Å². The van der Waals surface area contributed by atoms with Gasteiger partial charge in [-0.25, -0.2) is 9.97 Å². The molecule has 2 aromatic rings. The molecule has 2 N–H and O–H groups in total. The van der Waals surface area contributed by atoms with Gasteiger partial charge in [0.05, 0.1) is 23.7 Å². The number of nitrogens with one attached hydrogen (secondary N) is 1. The average Bonchev–Trinajstić information content (AvgIpc) is 3.07. The van der Waals surface area contributed by atoms with Crippen LogP contribution in [0.15, 0.2) is 41.9 Å². The molecular formula is C26H33N3O2. The molecule has 0 radical (unpaired) electrons. The number of ether oxygens (including phenoxy) is 1. The molecule has 1 fully saturated rings. The molecule has 164 valence electrons. The van der Waals surface area contributed by atoms with Gasteiger partial charge in [-0.05, 0) is 80.5 Å². The van der Waals surface area contributed by atoms with E-state index in [0.29, 0.717) is 0 Å². The lowest BCUT2D eigenvalue weighted by Gasteiger charge is -2.50. The molecule has 3 aliphatic carbocycles. The molecule has 0 bridgehead atoms. The molecule has 0 amide bonds. The molecule has 3 aliphatic rings. The van der Waals surface area contributed by atoms with E-state index in [1.54, 1.807) is 24.6 Å². The number of hydrogen-bond donors (Lipinski definition) is 2. The lowest BCUT2D eigenvalue weighted by Crippen LogP contribution is -2.41. The Morgan fingerprint density at radius 1 is 1.23 bits per heavy atom. The van der Waals surface area contributed by atoms with Crippen molar-refractivity contribution in [2.75, 3.05) is 19.0 Å². The van der Waals surface area contributed by atoms with E-state index in [9.17, 15) is 5.11 Å². The summed E-state index contributed by atoms with van der Waals surface area (Å²) in [4.78, 5) is 8.45. The zero-order chi connectivity index (χ0) is 21.6. The maximum Gasteiger partial charge on any atom is 0.115 e. The van der Waals surface area contributed by atoms with Crippen LogP contribution in [0, 0.1) is 12.3 Å². The van der Waals surface area contributed by atoms with Crippen molar-refractivity contribution in [3.8, 4) is 0 Å². The number of methoxy groups -OCH3 is 1. The first kappa shape index (κ1) is 20.7. The predicted octanol–water partition coefficient (Wildman–Crippen LogP) is 5.00. The molecule has 1 aromatic heterocycles. The zero-order valence-corrected chi connectivity index (χ0v) is 18.9. The third-order valence-corrected chi connectivity index (χ3v) is 8.09. The van der Waals surface area contributed by atoms with Crippen LogP contribution in [-0.4, -0.2) is 34.9 Å². The van der Waals surface area contributed by atoms with E-state index in [0.717, 1.165) is 68.6 Å². The maximum absolute atomic E-state index is 10.5. The van der Waals surface area contributed by atoms with Gasteiger partial charge in [-0.1, -0.05) is 24.1 Å². The number of allylic oxidation sites excluding steroid dienone is 1. The van der Waals surface area contributed by atoms with Gasteiger partial charge in [-0.3, -0.25) is 0 Å². The van der Waals surface area contributed by atoms with Gasteiger partial charge in [0.2, 0.25) is 0 Å². The van der Waals surface area contributed by atoms with Gasteiger partial charge in [-0.15, -0.1) is 0 Å². The molecule has 1 aromatic carbocycles. The smallest absolute Gasteiger partial charge is 0.115 e. The van der Waals surface area contributed by atoms with Crippen LogP contribution in [0.2, 0.25) is 0 Å². The van der Waals surface area contributed by atoms with Gasteiger partial charge >= 0.3 is 0 Å². The molecule has 0 aliphatic heterocycles. The van der Waals surface area contributed by atoms with Gasteiger partial charge in [0.15, 0.2) is 0 Å². The average molecular weight is 420 g/mol. The van der Waals surface area contributed by atoms with E-state index in [-0.39, 0.29) is 16.9 Å². The Balaban J connectivity index is 1.56. The van der Waals surface area contributed by atoms with Crippen molar-refractivity contribution >= 4 is 11.4 Å². The van der Waals surface area contributed by atoms with Crippen LogP contribution >= 0.6 is 0 Å². The number of nitrogens with zero attached hydrogens (tertiary/aromatic N) is 2. The lowest BCUT2D eigenvalue weighted by atomic mass is 9.54. The first-order valence-corrected chi connectivity index (χ1v) is 11.5. The summed E-state index contributed by atoms with van der Waals surface area (Å²) in [5.74, 6) is 0. The van der Waals surface area contributed by atoms with E-state index in [1.807, 2.05) is 13.1 Å². The third-order valence-electron chi connectivity index (χ3n) is 8.09. The highest BCUT2D eigenvalue weighted by atomic mass is 16.5. The normalized spacial score (nSPS) is 29.4. The minimum atomic E-state index is -0.185. The van der Waals surface area contributed by atoms with Crippen LogP contribution in [0.1, 0.15) is 62.3 Å². The molecule has 5 nitrogen and oxygen atoms in total. The Labute approximate surface area is 185 Å². The molecular weight excluding hydrogens is 386 g/mol. The highest BCUT2D eigenvalue weighted by molar-refractivity contribution is 5.64. The zero-order valence-electron chi connectivity index (χ0n) is 18.9. The number of rotatable bonds is 5. The van der Waals surface area contributed by atoms with E-state index >= 15 is 0 Å². The van der Waals surface area contributed by atoms with Crippen molar-refractivity contribution in [2.45, 2.75) is 70.3 Å². The molecule has 0 saturated heterocycles. The Hall–Kier alpha value is -2.24. The number of aliphatic hydroxyl groups is 1. The van der Waals surface area contributed by atoms with Gasteiger partial charge in [-0.2, -0.15) is 0 Å². The highest BCUT2D eigenvalue weighted by Gasteiger charge is 2.51. The Bertz CT molecular complexity index is 1030. The molecule has 0 spiro atoms. The second-order valence-corrected chi connectivity index (χ2v) is 9.92. The molecule has 31 heavy (non-hydrogen) atoms. The van der Waals surface area contributed by atoms with Gasteiger partial charge < -0.3 is 15.2 Å². The molecule has 0 unspecified atom stereocenters. The fraction of sp³-hybridized carbons (Fsp3) is 0.538. The maximum atomic E-state index is 10.5. The SMILES string of the molecule is COCC[C@@]12CC[C@@]3(C)C[C@@H](O)CC3=C1CCc1cc(Nc3cncnc3C)ccc12. The number of aromatic nitrogens is 2. The van der Waals surface area contributed by atoms with Crippen LogP contribution < -0.4 is 5.32 Å². The summed E-state index contributed by atoms with van der Waals surface area (Å²) in [6, 6.07) is 6.85. The number of hydrogen-bond acceptors (Lipinski definition) is 5. The number of aliphatic hydroxyl groups excluding tert-OH is 1. The molecule has 5 rings (SSSR count). The Kier molecular flexibility index (Phi) is 5.14. The summed E-state index contributed by atoms with van der Waals surface area (Å²) < 4.78 is 5.58. The summed E-state index contributed by atoms with van der Waals surface area (Å²) in [6.07, 6.45) is 10.4. The van der Waals surface area contributed by atoms with Crippen molar-refractivity contribution in [2.24, 2.45) is 5.41 Å². The van der Waals surface area contributed by atoms with Crippen molar-refractivity contribution in [3.63, 3.8) is 0 Å². The monoisotopic (exact) mass is 419 g/mol. The molecule has 1 heterocycles. The van der Waals surface area contributed by atoms with Crippen molar-refractivity contribution in [1.82, 2.24) is 9.97 Å². The van der Waals surface area contributed by atoms with Crippen LogP contribution in [0.25, 0.3) is 0 Å². The number of benzene rings is 1. The summed E-state index contributed by atoms with van der Waals surface area (Å²) in [5, 5.41) is 14.0. The highest BCUT2D eigenvalue weighted by Crippen LogP contribution is 2.61. The number of fused-ring (bicyclic) bond motifs is 4. The van der Waals surface area contributed by atoms with E-state index in [4.69, 9.17) is 4.74 Å². The third kappa shape index (κ3) is 3.39. The first-order chi connectivity index (χ1) is 14.9. The topological polar surface area (TPSA) is 67.3 Å². The minimum absolute atomic E-state index is 0.0484. The van der Waals surface area contributed by atoms with Crippen molar-refractivity contribution in [3.05, 3.63) is 58.7 Å². The summed E-state index contributed by atoms with van der Waals surface area (Å²) in [7, 11) is 1.80. The fourth-order valence-corrected chi connectivity index (χ4v) is 6.51. The summed E-state index contributed by atoms with van der Waals surface area (Å²) >= 11 is 0. The summed E-state index contributed by atoms with van der Waals surface area (Å²) in [6.45, 7) is 5.13. The van der Waals surface area contributed by atoms with Crippen LogP contribution in [0.4, 0.5) is 11.4 Å². The molecule has 5 heteroatoms. The quantitative estimate of drug-likeness (QED) is 0.668. The van der Waals surface area contributed by atoms with Crippen LogP contribution in [-0.2, 0) is 16.6 Å². The molecule has 1 saturated carbocycles. The lowest BCUT2D eigenvalue weighted by molar-refractivity contribution is 0.142. The number of aryl methyl sites for hydroxylation is 2. The van der Waals surface area contributed by atoms with Crippen LogP contribution in [0.3, 0.4) is 0 Å². The Morgan fingerprint density at radius 3 is 2.90 bits per heavy atom. The van der Waals surface area contributed by atoms with Crippen LogP contribution in [0.5, 0.6) is 0 Å². The van der Waals surface area contributed by atoms with Gasteiger partial charge in [0.1, 0.15) is 6.33 Å². The van der Waals surface area contributed by atoms with E-state index in [1.165, 1.54) is 11.1 Å². The Morgan fingerprint density at radius 2 is 2.10 bits per heavy atom. The second-order valence-electron chi connectivity index (χ2n) is 9.92. The summed E-state index contributed by atoms with van der Waals surface area (Å²) in [5.41, 5.74) is 9.26. The van der Waals surface area contributed by atoms with Crippen molar-refractivity contribution in [1.29, 1.82) is 0 Å². The fourth-order valence-electron chi connectivity index (χ4n) is 6.51. The largest absolute Gasteiger partial charge is 0.393 e. The first-order valence-electron chi connectivity index (χ1n) is 11.5. The van der Waals surface area contributed by atoms with Crippen molar-refractivity contribution < 1.29 is 9.84 Å². The molecule has 3 atom stereocenters.